The number of nitrogens with zero attached hydrogens (tertiary/aromatic N) is 2. The zero-order valence-corrected chi connectivity index (χ0v) is 12.9. The summed E-state index contributed by atoms with van der Waals surface area (Å²) >= 11 is 0. The summed E-state index contributed by atoms with van der Waals surface area (Å²) in [5.41, 5.74) is 1.29. The lowest BCUT2D eigenvalue weighted by atomic mass is 9.94. The van der Waals surface area contributed by atoms with Crippen LogP contribution < -0.4 is 5.32 Å². The van der Waals surface area contributed by atoms with Crippen molar-refractivity contribution >= 4 is 0 Å². The number of hydrogen-bond donors (Lipinski definition) is 1. The molecule has 1 atom stereocenters. The lowest BCUT2D eigenvalue weighted by Crippen LogP contribution is -2.32. The van der Waals surface area contributed by atoms with Crippen LogP contribution in [0.4, 0.5) is 0 Å². The van der Waals surface area contributed by atoms with Gasteiger partial charge in [-0.25, -0.2) is 0 Å². The molecule has 2 saturated carbocycles. The predicted octanol–water partition coefficient (Wildman–Crippen LogP) is 3.71. The Hall–Kier alpha value is -0.830. The molecule has 1 N–H and O–H groups in total. The Kier molecular flexibility index (Phi) is 4.77. The normalized spacial score (nSPS) is 22.6. The molecule has 2 fully saturated rings. The van der Waals surface area contributed by atoms with Crippen LogP contribution in [0.25, 0.3) is 0 Å². The van der Waals surface area contributed by atoms with Gasteiger partial charge in [-0.3, -0.25) is 4.68 Å². The van der Waals surface area contributed by atoms with E-state index in [1.54, 1.807) is 0 Å². The summed E-state index contributed by atoms with van der Waals surface area (Å²) < 4.78 is 2.23. The molecule has 0 aromatic carbocycles. The second-order valence-electron chi connectivity index (χ2n) is 6.70. The van der Waals surface area contributed by atoms with Crippen LogP contribution in [0.3, 0.4) is 0 Å². The quantitative estimate of drug-likeness (QED) is 0.857. The van der Waals surface area contributed by atoms with Crippen molar-refractivity contribution in [3.05, 3.63) is 18.0 Å². The monoisotopic (exact) mass is 275 g/mol. The first-order chi connectivity index (χ1) is 9.86. The maximum Gasteiger partial charge on any atom is 0.0625 e. The molecule has 3 rings (SSSR count). The van der Waals surface area contributed by atoms with Gasteiger partial charge in [0.15, 0.2) is 0 Å². The fraction of sp³-hybridized carbons (Fsp3) is 0.824. The first-order valence-electron chi connectivity index (χ1n) is 8.58. The van der Waals surface area contributed by atoms with Crippen LogP contribution in [0.1, 0.15) is 69.5 Å². The number of aromatic nitrogens is 2. The highest BCUT2D eigenvalue weighted by Crippen LogP contribution is 2.30. The molecule has 1 unspecified atom stereocenters. The molecule has 0 bridgehead atoms. The van der Waals surface area contributed by atoms with Crippen LogP contribution in [-0.4, -0.2) is 22.9 Å². The summed E-state index contributed by atoms with van der Waals surface area (Å²) in [6.45, 7) is 0. The van der Waals surface area contributed by atoms with Crippen molar-refractivity contribution in [2.24, 2.45) is 5.92 Å². The van der Waals surface area contributed by atoms with E-state index in [0.717, 1.165) is 12.3 Å². The van der Waals surface area contributed by atoms with Crippen molar-refractivity contribution < 1.29 is 0 Å². The molecule has 0 spiro atoms. The topological polar surface area (TPSA) is 29.9 Å². The van der Waals surface area contributed by atoms with Crippen LogP contribution >= 0.6 is 0 Å². The predicted molar refractivity (Wildman–Crippen MR) is 82.9 cm³/mol. The first kappa shape index (κ1) is 14.1. The van der Waals surface area contributed by atoms with Gasteiger partial charge in [0.25, 0.3) is 0 Å². The molecule has 2 aliphatic rings. The van der Waals surface area contributed by atoms with Crippen molar-refractivity contribution in [2.45, 2.75) is 76.3 Å². The third-order valence-corrected chi connectivity index (χ3v) is 5.41. The van der Waals surface area contributed by atoms with Gasteiger partial charge in [-0.1, -0.05) is 25.7 Å². The third kappa shape index (κ3) is 3.25. The Balaban J connectivity index is 1.52. The van der Waals surface area contributed by atoms with E-state index in [4.69, 9.17) is 5.10 Å². The van der Waals surface area contributed by atoms with E-state index in [1.807, 2.05) is 0 Å². The fourth-order valence-electron chi connectivity index (χ4n) is 4.16. The standard InChI is InChI=1S/C17H29N3/c1-18-17(14-6-2-3-7-14)11-10-15-12-13-20(19-15)16-8-4-5-9-16/h12-14,16-18H,2-11H2,1H3. The number of aryl methyl sites for hydroxylation is 1. The first-order valence-corrected chi connectivity index (χ1v) is 8.58. The molecule has 112 valence electrons. The molecule has 1 heterocycles. The molecule has 1 aromatic heterocycles. The van der Waals surface area contributed by atoms with Gasteiger partial charge in [0.05, 0.1) is 11.7 Å². The van der Waals surface area contributed by atoms with E-state index in [2.05, 4.69) is 29.3 Å². The van der Waals surface area contributed by atoms with Gasteiger partial charge in [0, 0.05) is 12.2 Å². The summed E-state index contributed by atoms with van der Waals surface area (Å²) in [6, 6.07) is 3.60. The average Bonchev–Trinajstić information content (AvgIpc) is 3.22. The second kappa shape index (κ2) is 6.75. The summed E-state index contributed by atoms with van der Waals surface area (Å²) in [6.07, 6.45) is 15.7. The molecule has 3 heteroatoms. The van der Waals surface area contributed by atoms with E-state index in [0.29, 0.717) is 12.1 Å². The van der Waals surface area contributed by atoms with Gasteiger partial charge in [0.1, 0.15) is 0 Å². The van der Waals surface area contributed by atoms with Crippen LogP contribution in [-0.2, 0) is 6.42 Å². The lowest BCUT2D eigenvalue weighted by Gasteiger charge is -2.22. The van der Waals surface area contributed by atoms with Crippen LogP contribution in [0.15, 0.2) is 12.3 Å². The van der Waals surface area contributed by atoms with Gasteiger partial charge >= 0.3 is 0 Å². The van der Waals surface area contributed by atoms with Crippen molar-refractivity contribution in [3.8, 4) is 0 Å². The highest BCUT2D eigenvalue weighted by molar-refractivity contribution is 5.01. The zero-order valence-electron chi connectivity index (χ0n) is 12.9. The molecule has 0 aliphatic heterocycles. The second-order valence-corrected chi connectivity index (χ2v) is 6.70. The molecule has 0 amide bonds. The summed E-state index contributed by atoms with van der Waals surface area (Å²) in [5, 5.41) is 8.36. The highest BCUT2D eigenvalue weighted by Gasteiger charge is 2.24. The minimum atomic E-state index is 0.679. The largest absolute Gasteiger partial charge is 0.317 e. The molecule has 2 aliphatic carbocycles. The van der Waals surface area contributed by atoms with Gasteiger partial charge in [-0.05, 0) is 57.6 Å². The van der Waals surface area contributed by atoms with E-state index < -0.39 is 0 Å². The SMILES string of the molecule is CNC(CCc1ccn(C2CCCC2)n1)C1CCCC1. The summed E-state index contributed by atoms with van der Waals surface area (Å²) in [7, 11) is 2.13. The fourth-order valence-corrected chi connectivity index (χ4v) is 4.16. The molecular weight excluding hydrogens is 246 g/mol. The molecule has 0 saturated heterocycles. The van der Waals surface area contributed by atoms with E-state index in [1.165, 1.54) is 63.5 Å². The molecule has 3 nitrogen and oxygen atoms in total. The Bertz CT molecular complexity index is 400. The van der Waals surface area contributed by atoms with Crippen molar-refractivity contribution in [1.29, 1.82) is 0 Å². The minimum absolute atomic E-state index is 0.679. The minimum Gasteiger partial charge on any atom is -0.317 e. The maximum atomic E-state index is 4.81. The van der Waals surface area contributed by atoms with E-state index >= 15 is 0 Å². The number of nitrogens with one attached hydrogen (secondary N) is 1. The smallest absolute Gasteiger partial charge is 0.0625 e. The summed E-state index contributed by atoms with van der Waals surface area (Å²) in [5.74, 6) is 0.900. The van der Waals surface area contributed by atoms with Crippen molar-refractivity contribution in [3.63, 3.8) is 0 Å². The van der Waals surface area contributed by atoms with Gasteiger partial charge in [0.2, 0.25) is 0 Å². The Labute approximate surface area is 123 Å². The number of hydrogen-bond acceptors (Lipinski definition) is 2. The summed E-state index contributed by atoms with van der Waals surface area (Å²) in [4.78, 5) is 0. The Morgan fingerprint density at radius 1 is 1.20 bits per heavy atom. The van der Waals surface area contributed by atoms with Crippen LogP contribution in [0.2, 0.25) is 0 Å². The Morgan fingerprint density at radius 3 is 2.60 bits per heavy atom. The molecule has 1 aromatic rings. The van der Waals surface area contributed by atoms with Gasteiger partial charge in [-0.15, -0.1) is 0 Å². The number of rotatable bonds is 6. The average molecular weight is 275 g/mol. The maximum absolute atomic E-state index is 4.81. The van der Waals surface area contributed by atoms with E-state index in [9.17, 15) is 0 Å². The zero-order chi connectivity index (χ0) is 13.8. The highest BCUT2D eigenvalue weighted by atomic mass is 15.3. The third-order valence-electron chi connectivity index (χ3n) is 5.41. The van der Waals surface area contributed by atoms with Crippen LogP contribution in [0.5, 0.6) is 0 Å². The van der Waals surface area contributed by atoms with Gasteiger partial charge in [-0.2, -0.15) is 5.10 Å². The molecular formula is C17H29N3. The molecule has 0 radical (unpaired) electrons. The Morgan fingerprint density at radius 2 is 1.90 bits per heavy atom. The van der Waals surface area contributed by atoms with Crippen molar-refractivity contribution in [2.75, 3.05) is 7.05 Å². The van der Waals surface area contributed by atoms with Crippen molar-refractivity contribution in [1.82, 2.24) is 15.1 Å². The van der Waals surface area contributed by atoms with E-state index in [-0.39, 0.29) is 0 Å². The van der Waals surface area contributed by atoms with Crippen LogP contribution in [0, 0.1) is 5.92 Å². The lowest BCUT2D eigenvalue weighted by molar-refractivity contribution is 0.358. The molecule has 20 heavy (non-hydrogen) atoms. The van der Waals surface area contributed by atoms with Gasteiger partial charge < -0.3 is 5.32 Å².